The lowest BCUT2D eigenvalue weighted by Gasteiger charge is -2.44. The molecule has 1 aromatic heterocycles. The summed E-state index contributed by atoms with van der Waals surface area (Å²) in [4.78, 5) is 23.4. The highest BCUT2D eigenvalue weighted by molar-refractivity contribution is 9.10. The third-order valence-corrected chi connectivity index (χ3v) is 6.10. The number of nitrogens with zero attached hydrogens (tertiary/aromatic N) is 3. The molecule has 144 valence electrons. The van der Waals surface area contributed by atoms with Crippen molar-refractivity contribution in [2.45, 2.75) is 65.0 Å². The molecule has 1 aromatic rings. The minimum absolute atomic E-state index is 0.162. The molecule has 0 radical (unpaired) electrons. The Labute approximate surface area is 164 Å². The Balaban J connectivity index is 1.65. The second kappa shape index (κ2) is 7.33. The van der Waals surface area contributed by atoms with Crippen LogP contribution in [-0.4, -0.2) is 40.8 Å². The summed E-state index contributed by atoms with van der Waals surface area (Å²) in [6.07, 6.45) is 7.68. The summed E-state index contributed by atoms with van der Waals surface area (Å²) < 4.78 is 6.25. The Morgan fingerprint density at radius 1 is 1.27 bits per heavy atom. The summed E-state index contributed by atoms with van der Waals surface area (Å²) in [5.74, 6) is 1.40. The van der Waals surface area contributed by atoms with Crippen molar-refractivity contribution < 1.29 is 9.53 Å². The molecule has 1 spiro atoms. The summed E-state index contributed by atoms with van der Waals surface area (Å²) in [6, 6.07) is 0.176. The summed E-state index contributed by atoms with van der Waals surface area (Å²) in [7, 11) is 0. The van der Waals surface area contributed by atoms with E-state index in [2.05, 4.69) is 43.0 Å². The number of piperidine rings is 1. The molecule has 1 saturated heterocycles. The molecule has 6 nitrogen and oxygen atoms in total. The lowest BCUT2D eigenvalue weighted by molar-refractivity contribution is 0.0419. The number of ether oxygens (including phenoxy) is 1. The van der Waals surface area contributed by atoms with E-state index in [1.807, 2.05) is 27.0 Å². The van der Waals surface area contributed by atoms with Gasteiger partial charge < -0.3 is 15.0 Å². The first kappa shape index (κ1) is 19.4. The van der Waals surface area contributed by atoms with Gasteiger partial charge in [0.15, 0.2) is 0 Å². The molecular formula is C19H29BrN4O2. The largest absolute Gasteiger partial charge is 0.444 e. The van der Waals surface area contributed by atoms with Crippen LogP contribution in [0.5, 0.6) is 0 Å². The van der Waals surface area contributed by atoms with Crippen molar-refractivity contribution in [3.05, 3.63) is 17.0 Å². The van der Waals surface area contributed by atoms with E-state index in [0.29, 0.717) is 5.92 Å². The molecule has 0 unspecified atom stereocenters. The number of carbonyl (C=O) groups excluding carboxylic acids is 1. The van der Waals surface area contributed by atoms with Crippen LogP contribution in [0.15, 0.2) is 17.0 Å². The van der Waals surface area contributed by atoms with Gasteiger partial charge in [-0.15, -0.1) is 0 Å². The van der Waals surface area contributed by atoms with Crippen LogP contribution in [0.2, 0.25) is 0 Å². The Bertz CT molecular complexity index is 636. The third kappa shape index (κ3) is 4.30. The molecule has 0 aromatic carbocycles. The number of anilines is 1. The van der Waals surface area contributed by atoms with Crippen molar-refractivity contribution in [2.75, 3.05) is 18.0 Å². The second-order valence-electron chi connectivity index (χ2n) is 8.69. The molecular weight excluding hydrogens is 396 g/mol. The highest BCUT2D eigenvalue weighted by Gasteiger charge is 2.49. The van der Waals surface area contributed by atoms with Gasteiger partial charge >= 0.3 is 6.09 Å². The molecule has 1 aliphatic heterocycles. The molecule has 7 heteroatoms. The van der Waals surface area contributed by atoms with Crippen LogP contribution in [0.3, 0.4) is 0 Å². The maximum atomic E-state index is 12.3. The Morgan fingerprint density at radius 2 is 1.96 bits per heavy atom. The Hall–Kier alpha value is -1.37. The van der Waals surface area contributed by atoms with Crippen molar-refractivity contribution in [2.24, 2.45) is 11.3 Å². The summed E-state index contributed by atoms with van der Waals surface area (Å²) in [5.41, 5.74) is -0.307. The number of hydrogen-bond acceptors (Lipinski definition) is 5. The van der Waals surface area contributed by atoms with E-state index >= 15 is 0 Å². The third-order valence-electron chi connectivity index (χ3n) is 5.69. The normalized spacial score (nSPS) is 25.3. The quantitative estimate of drug-likeness (QED) is 0.771. The average Bonchev–Trinajstić information content (AvgIpc) is 2.84. The molecule has 2 fully saturated rings. The fourth-order valence-corrected chi connectivity index (χ4v) is 4.59. The van der Waals surface area contributed by atoms with Crippen molar-refractivity contribution in [1.29, 1.82) is 0 Å². The fourth-order valence-electron chi connectivity index (χ4n) is 4.38. The van der Waals surface area contributed by atoms with Crippen molar-refractivity contribution in [3.63, 3.8) is 0 Å². The fraction of sp³-hybridized carbons (Fsp3) is 0.737. The van der Waals surface area contributed by atoms with Gasteiger partial charge in [0.05, 0.1) is 12.4 Å². The minimum Gasteiger partial charge on any atom is -0.444 e. The van der Waals surface area contributed by atoms with Gasteiger partial charge in [0.2, 0.25) is 0 Å². The van der Waals surface area contributed by atoms with E-state index in [9.17, 15) is 4.79 Å². The Kier molecular flexibility index (Phi) is 5.47. The van der Waals surface area contributed by atoms with Crippen molar-refractivity contribution in [1.82, 2.24) is 15.3 Å². The van der Waals surface area contributed by atoms with Gasteiger partial charge in [-0.2, -0.15) is 0 Å². The van der Waals surface area contributed by atoms with Gasteiger partial charge in [-0.3, -0.25) is 0 Å². The molecule has 26 heavy (non-hydrogen) atoms. The first-order valence-electron chi connectivity index (χ1n) is 9.41. The predicted octanol–water partition coefficient (Wildman–Crippen LogP) is 4.15. The number of rotatable bonds is 2. The molecule has 2 heterocycles. The number of halogens is 1. The summed E-state index contributed by atoms with van der Waals surface area (Å²) in [6.45, 7) is 9.82. The zero-order chi connectivity index (χ0) is 18.9. The lowest BCUT2D eigenvalue weighted by atomic mass is 9.73. The number of alkyl carbamates (subject to hydrolysis) is 1. The first-order chi connectivity index (χ1) is 12.2. The lowest BCUT2D eigenvalue weighted by Crippen LogP contribution is -2.53. The predicted molar refractivity (Wildman–Crippen MR) is 105 cm³/mol. The topological polar surface area (TPSA) is 67.4 Å². The average molecular weight is 425 g/mol. The zero-order valence-electron chi connectivity index (χ0n) is 16.1. The van der Waals surface area contributed by atoms with Crippen LogP contribution in [0, 0.1) is 11.3 Å². The minimum atomic E-state index is -0.470. The van der Waals surface area contributed by atoms with Gasteiger partial charge in [0.1, 0.15) is 16.0 Å². The van der Waals surface area contributed by atoms with Crippen LogP contribution in [0.25, 0.3) is 0 Å². The second-order valence-corrected chi connectivity index (χ2v) is 9.50. The van der Waals surface area contributed by atoms with E-state index in [-0.39, 0.29) is 17.6 Å². The summed E-state index contributed by atoms with van der Waals surface area (Å²) in [5, 5.41) is 3.19. The molecule has 1 amide bonds. The maximum absolute atomic E-state index is 12.3. The van der Waals surface area contributed by atoms with Crippen LogP contribution < -0.4 is 10.2 Å². The SMILES string of the molecule is C[C@H]1CCC2(CCN(c3cnc(Br)cn3)CC2)[C@H]1NC(=O)OC(C)(C)C. The Morgan fingerprint density at radius 3 is 2.54 bits per heavy atom. The number of aromatic nitrogens is 2. The first-order valence-corrected chi connectivity index (χ1v) is 10.2. The van der Waals surface area contributed by atoms with E-state index < -0.39 is 5.60 Å². The van der Waals surface area contributed by atoms with E-state index in [1.54, 1.807) is 6.20 Å². The van der Waals surface area contributed by atoms with Gasteiger partial charge in [-0.1, -0.05) is 6.92 Å². The van der Waals surface area contributed by atoms with Crippen molar-refractivity contribution >= 4 is 27.8 Å². The monoisotopic (exact) mass is 424 g/mol. The molecule has 2 aliphatic rings. The maximum Gasteiger partial charge on any atom is 0.407 e. The molecule has 3 rings (SSSR count). The number of carbonyl (C=O) groups is 1. The van der Waals surface area contributed by atoms with Gasteiger partial charge in [0.25, 0.3) is 0 Å². The smallest absolute Gasteiger partial charge is 0.407 e. The standard InChI is InChI=1S/C19H29BrN4O2/c1-13-5-6-19(16(13)23-17(25)26-18(2,3)4)7-9-24(10-8-19)15-12-21-14(20)11-22-15/h11-13,16H,5-10H2,1-4H3,(H,23,25)/t13-,16-/m0/s1. The van der Waals surface area contributed by atoms with Crippen LogP contribution in [0.1, 0.15) is 53.4 Å². The van der Waals surface area contributed by atoms with Crippen LogP contribution >= 0.6 is 15.9 Å². The van der Waals surface area contributed by atoms with E-state index in [1.165, 1.54) is 0 Å². The highest BCUT2D eigenvalue weighted by Crippen LogP contribution is 2.49. The molecule has 0 bridgehead atoms. The van der Waals surface area contributed by atoms with Crippen LogP contribution in [-0.2, 0) is 4.74 Å². The number of amides is 1. The van der Waals surface area contributed by atoms with Gasteiger partial charge in [0, 0.05) is 19.1 Å². The van der Waals surface area contributed by atoms with Crippen LogP contribution in [0.4, 0.5) is 10.6 Å². The van der Waals surface area contributed by atoms with Gasteiger partial charge in [-0.25, -0.2) is 14.8 Å². The van der Waals surface area contributed by atoms with Gasteiger partial charge in [-0.05, 0) is 73.7 Å². The van der Waals surface area contributed by atoms with E-state index in [4.69, 9.17) is 4.74 Å². The summed E-state index contributed by atoms with van der Waals surface area (Å²) >= 11 is 3.33. The molecule has 1 saturated carbocycles. The highest BCUT2D eigenvalue weighted by atomic mass is 79.9. The number of nitrogens with one attached hydrogen (secondary N) is 1. The molecule has 1 N–H and O–H groups in total. The van der Waals surface area contributed by atoms with E-state index in [0.717, 1.165) is 49.2 Å². The van der Waals surface area contributed by atoms with Crippen molar-refractivity contribution in [3.8, 4) is 0 Å². The number of hydrogen-bond donors (Lipinski definition) is 1. The zero-order valence-corrected chi connectivity index (χ0v) is 17.7. The molecule has 2 atom stereocenters. The molecule has 1 aliphatic carbocycles.